The molecule has 3 aromatic rings. The monoisotopic (exact) mass is 412 g/mol. The molecule has 1 atom stereocenters. The summed E-state index contributed by atoms with van der Waals surface area (Å²) in [6.45, 7) is 4.07. The van der Waals surface area contributed by atoms with E-state index in [1.54, 1.807) is 41.8 Å². The molecule has 1 heterocycles. The summed E-state index contributed by atoms with van der Waals surface area (Å²) < 4.78 is 1.56. The minimum atomic E-state index is -0.500. The fourth-order valence-electron chi connectivity index (χ4n) is 2.66. The number of carbonyl (C=O) groups is 1. The Morgan fingerprint density at radius 1 is 1.36 bits per heavy atom. The molecular formula is C20H17ClN4O2S. The Hall–Kier alpha value is -2.82. The molecule has 6 nitrogen and oxygen atoms in total. The van der Waals surface area contributed by atoms with Crippen LogP contribution in [0.3, 0.4) is 0 Å². The van der Waals surface area contributed by atoms with Gasteiger partial charge in [0.05, 0.1) is 26.7 Å². The molecule has 1 N–H and O–H groups in total. The van der Waals surface area contributed by atoms with Gasteiger partial charge in [0, 0.05) is 12.2 Å². The van der Waals surface area contributed by atoms with E-state index in [2.05, 4.69) is 10.3 Å². The van der Waals surface area contributed by atoms with Crippen molar-refractivity contribution in [2.75, 3.05) is 5.32 Å². The van der Waals surface area contributed by atoms with Crippen molar-refractivity contribution in [2.24, 2.45) is 0 Å². The normalized spacial score (nSPS) is 11.8. The highest BCUT2D eigenvalue weighted by Crippen LogP contribution is 2.25. The molecule has 0 aliphatic rings. The quantitative estimate of drug-likeness (QED) is 0.504. The van der Waals surface area contributed by atoms with Crippen LogP contribution in [-0.4, -0.2) is 20.7 Å². The molecule has 0 aliphatic carbocycles. The van der Waals surface area contributed by atoms with E-state index >= 15 is 0 Å². The number of aromatic nitrogens is 2. The van der Waals surface area contributed by atoms with Gasteiger partial charge in [0.15, 0.2) is 5.16 Å². The molecule has 0 aliphatic heterocycles. The first-order valence-corrected chi connectivity index (χ1v) is 9.87. The molecule has 2 aromatic carbocycles. The van der Waals surface area contributed by atoms with E-state index in [0.717, 1.165) is 0 Å². The van der Waals surface area contributed by atoms with Crippen LogP contribution in [0.2, 0.25) is 5.02 Å². The van der Waals surface area contributed by atoms with E-state index in [1.165, 1.54) is 17.8 Å². The first-order chi connectivity index (χ1) is 13.4. The summed E-state index contributed by atoms with van der Waals surface area (Å²) in [6, 6.07) is 13.8. The number of benzene rings is 2. The third kappa shape index (κ3) is 4.03. The largest absolute Gasteiger partial charge is 0.325 e. The lowest BCUT2D eigenvalue weighted by molar-refractivity contribution is -0.115. The number of nitrogens with zero attached hydrogens (tertiary/aromatic N) is 3. The zero-order valence-electron chi connectivity index (χ0n) is 15.3. The third-order valence-electron chi connectivity index (χ3n) is 4.15. The number of hydrogen-bond acceptors (Lipinski definition) is 5. The fraction of sp³-hybridized carbons (Fsp3) is 0.200. The number of amides is 1. The van der Waals surface area contributed by atoms with Crippen molar-refractivity contribution < 1.29 is 4.79 Å². The van der Waals surface area contributed by atoms with Crippen molar-refractivity contribution in [3.05, 3.63) is 63.4 Å². The van der Waals surface area contributed by atoms with Crippen LogP contribution in [0.25, 0.3) is 10.9 Å². The predicted octanol–water partition coefficient (Wildman–Crippen LogP) is 4.06. The molecule has 0 radical (unpaired) electrons. The Bertz CT molecular complexity index is 1150. The summed E-state index contributed by atoms with van der Waals surface area (Å²) in [7, 11) is 0. The van der Waals surface area contributed by atoms with Crippen molar-refractivity contribution in [3.8, 4) is 6.07 Å². The lowest BCUT2D eigenvalue weighted by Crippen LogP contribution is -2.26. The van der Waals surface area contributed by atoms with Gasteiger partial charge in [-0.25, -0.2) is 4.98 Å². The number of thioether (sulfide) groups is 1. The third-order valence-corrected chi connectivity index (χ3v) is 5.55. The second kappa shape index (κ2) is 8.46. The van der Waals surface area contributed by atoms with Crippen molar-refractivity contribution in [1.82, 2.24) is 9.55 Å². The van der Waals surface area contributed by atoms with Gasteiger partial charge >= 0.3 is 0 Å². The first kappa shape index (κ1) is 19.9. The average Bonchev–Trinajstić information content (AvgIpc) is 2.68. The number of rotatable bonds is 5. The molecule has 0 bridgehead atoms. The van der Waals surface area contributed by atoms with Crippen LogP contribution in [0, 0.1) is 11.3 Å². The molecule has 28 heavy (non-hydrogen) atoms. The van der Waals surface area contributed by atoms with Gasteiger partial charge in [-0.05, 0) is 44.2 Å². The molecule has 3 rings (SSSR count). The fourth-order valence-corrected chi connectivity index (χ4v) is 3.85. The topological polar surface area (TPSA) is 87.8 Å². The molecule has 8 heteroatoms. The smallest absolute Gasteiger partial charge is 0.262 e. The molecule has 0 saturated carbocycles. The summed E-state index contributed by atoms with van der Waals surface area (Å²) in [4.78, 5) is 29.8. The van der Waals surface area contributed by atoms with Crippen LogP contribution in [-0.2, 0) is 11.3 Å². The van der Waals surface area contributed by atoms with Gasteiger partial charge in [0.2, 0.25) is 5.91 Å². The summed E-state index contributed by atoms with van der Waals surface area (Å²) in [6.07, 6.45) is 0. The lowest BCUT2D eigenvalue weighted by Gasteiger charge is -2.15. The van der Waals surface area contributed by atoms with Gasteiger partial charge in [-0.15, -0.1) is 0 Å². The highest BCUT2D eigenvalue weighted by molar-refractivity contribution is 8.00. The van der Waals surface area contributed by atoms with Gasteiger partial charge in [0.25, 0.3) is 5.56 Å². The Balaban J connectivity index is 1.83. The minimum Gasteiger partial charge on any atom is -0.325 e. The maximum absolute atomic E-state index is 12.7. The van der Waals surface area contributed by atoms with E-state index < -0.39 is 5.25 Å². The van der Waals surface area contributed by atoms with Gasteiger partial charge < -0.3 is 5.32 Å². The molecule has 0 fully saturated rings. The average molecular weight is 413 g/mol. The van der Waals surface area contributed by atoms with Crippen LogP contribution in [0.15, 0.2) is 52.4 Å². The van der Waals surface area contributed by atoms with E-state index in [-0.39, 0.29) is 16.5 Å². The minimum absolute atomic E-state index is 0.123. The molecule has 1 amide bonds. The van der Waals surface area contributed by atoms with E-state index in [0.29, 0.717) is 33.9 Å². The molecule has 1 unspecified atom stereocenters. The van der Waals surface area contributed by atoms with Crippen LogP contribution < -0.4 is 10.9 Å². The van der Waals surface area contributed by atoms with E-state index in [1.807, 2.05) is 19.1 Å². The van der Waals surface area contributed by atoms with Crippen molar-refractivity contribution in [1.29, 1.82) is 5.26 Å². The Morgan fingerprint density at radius 2 is 2.11 bits per heavy atom. The molecule has 1 aromatic heterocycles. The van der Waals surface area contributed by atoms with Gasteiger partial charge in [0.1, 0.15) is 6.07 Å². The number of nitrogens with one attached hydrogen (secondary N) is 1. The summed E-state index contributed by atoms with van der Waals surface area (Å²) in [5.41, 5.74) is 1.32. The molecule has 0 saturated heterocycles. The van der Waals surface area contributed by atoms with E-state index in [9.17, 15) is 9.59 Å². The summed E-state index contributed by atoms with van der Waals surface area (Å²) in [5, 5.41) is 12.5. The van der Waals surface area contributed by atoms with Gasteiger partial charge in [-0.1, -0.05) is 35.5 Å². The maximum atomic E-state index is 12.7. The summed E-state index contributed by atoms with van der Waals surface area (Å²) in [5.74, 6) is -0.254. The first-order valence-electron chi connectivity index (χ1n) is 8.61. The number of nitriles is 1. The number of halogens is 1. The zero-order chi connectivity index (χ0) is 20.3. The second-order valence-corrected chi connectivity index (χ2v) is 7.73. The number of para-hydroxylation sites is 1. The molecular weight excluding hydrogens is 396 g/mol. The number of carbonyl (C=O) groups excluding carboxylic acids is 1. The lowest BCUT2D eigenvalue weighted by atomic mass is 10.2. The van der Waals surface area contributed by atoms with Gasteiger partial charge in [-0.3, -0.25) is 14.2 Å². The van der Waals surface area contributed by atoms with Crippen LogP contribution in [0.4, 0.5) is 5.69 Å². The van der Waals surface area contributed by atoms with Crippen molar-refractivity contribution in [2.45, 2.75) is 30.8 Å². The Kier molecular flexibility index (Phi) is 6.02. The number of anilines is 1. The second-order valence-electron chi connectivity index (χ2n) is 6.02. The summed E-state index contributed by atoms with van der Waals surface area (Å²) >= 11 is 7.23. The van der Waals surface area contributed by atoms with E-state index in [4.69, 9.17) is 16.9 Å². The Labute approximate surface area is 171 Å². The Morgan fingerprint density at radius 3 is 2.79 bits per heavy atom. The van der Waals surface area contributed by atoms with Crippen LogP contribution >= 0.6 is 23.4 Å². The maximum Gasteiger partial charge on any atom is 0.262 e. The number of fused-ring (bicyclic) bond motifs is 1. The van der Waals surface area contributed by atoms with Gasteiger partial charge in [-0.2, -0.15) is 5.26 Å². The molecule has 142 valence electrons. The predicted molar refractivity (Wildman–Crippen MR) is 112 cm³/mol. The highest BCUT2D eigenvalue weighted by Gasteiger charge is 2.19. The molecule has 0 spiro atoms. The van der Waals surface area contributed by atoms with Crippen LogP contribution in [0.5, 0.6) is 0 Å². The SMILES string of the molecule is CCn1c(SC(C)C(=O)Nc2ccc(C#N)c(Cl)c2)nc2ccccc2c1=O. The number of hydrogen-bond donors (Lipinski definition) is 1. The van der Waals surface area contributed by atoms with Crippen molar-refractivity contribution in [3.63, 3.8) is 0 Å². The zero-order valence-corrected chi connectivity index (χ0v) is 16.8. The highest BCUT2D eigenvalue weighted by atomic mass is 35.5. The van der Waals surface area contributed by atoms with Crippen LogP contribution in [0.1, 0.15) is 19.4 Å². The standard InChI is InChI=1S/C20H17ClN4O2S/c1-3-25-19(27)15-6-4-5-7-17(15)24-20(25)28-12(2)18(26)23-14-9-8-13(11-22)16(21)10-14/h4-10,12H,3H2,1-2H3,(H,23,26). The van der Waals surface area contributed by atoms with Crippen molar-refractivity contribution >= 4 is 45.9 Å².